The van der Waals surface area contributed by atoms with E-state index >= 15 is 0 Å². The molecule has 0 N–H and O–H groups in total. The van der Waals surface area contributed by atoms with Crippen LogP contribution in [0.25, 0.3) is 76.2 Å². The largest absolute Gasteiger partial charge is 0.454 e. The van der Waals surface area contributed by atoms with Crippen LogP contribution >= 0.6 is 0 Å². The van der Waals surface area contributed by atoms with Gasteiger partial charge in [-0.1, -0.05) is 133 Å². The van der Waals surface area contributed by atoms with Crippen molar-refractivity contribution in [2.24, 2.45) is 0 Å². The maximum atomic E-state index is 6.74. The second kappa shape index (κ2) is 12.5. The zero-order valence-electron chi connectivity index (χ0n) is 32.0. The van der Waals surface area contributed by atoms with Crippen molar-refractivity contribution in [1.29, 1.82) is 0 Å². The van der Waals surface area contributed by atoms with E-state index in [0.29, 0.717) is 0 Å². The van der Waals surface area contributed by atoms with Crippen LogP contribution in [-0.4, -0.2) is 0 Å². The Bertz CT molecular complexity index is 3310. The third-order valence-corrected chi connectivity index (χ3v) is 12.0. The quantitative estimate of drug-likeness (QED) is 0.159. The molecule has 58 heavy (non-hydrogen) atoms. The summed E-state index contributed by atoms with van der Waals surface area (Å²) in [4.78, 5) is 4.80. The third-order valence-electron chi connectivity index (χ3n) is 12.0. The van der Waals surface area contributed by atoms with Crippen molar-refractivity contribution in [2.75, 3.05) is 9.80 Å². The smallest absolute Gasteiger partial charge is 0.159 e. The summed E-state index contributed by atoms with van der Waals surface area (Å²) in [6.07, 6.45) is 0. The van der Waals surface area contributed by atoms with E-state index in [2.05, 4.69) is 194 Å². The summed E-state index contributed by atoms with van der Waals surface area (Å²) in [5.41, 5.74) is 12.2. The van der Waals surface area contributed by atoms with Crippen LogP contribution < -0.4 is 9.80 Å². The zero-order chi connectivity index (χ0) is 38.5. The van der Waals surface area contributed by atoms with Crippen molar-refractivity contribution < 1.29 is 8.83 Å². The molecule has 0 saturated heterocycles. The highest BCUT2D eigenvalue weighted by atomic mass is 16.3. The lowest BCUT2D eigenvalue weighted by molar-refractivity contribution is 0.668. The molecule has 0 aliphatic rings. The molecule has 0 amide bonds. The van der Waals surface area contributed by atoms with Gasteiger partial charge in [0.2, 0.25) is 0 Å². The van der Waals surface area contributed by atoms with E-state index in [9.17, 15) is 0 Å². The Morgan fingerprint density at radius 3 is 1.16 bits per heavy atom. The summed E-state index contributed by atoms with van der Waals surface area (Å²) in [6, 6.07) is 65.1. The minimum Gasteiger partial charge on any atom is -0.454 e. The van der Waals surface area contributed by atoms with Gasteiger partial charge in [0.1, 0.15) is 11.2 Å². The highest BCUT2D eigenvalue weighted by Crippen LogP contribution is 2.51. The van der Waals surface area contributed by atoms with Crippen molar-refractivity contribution in [1.82, 2.24) is 0 Å². The zero-order valence-corrected chi connectivity index (χ0v) is 32.0. The lowest BCUT2D eigenvalue weighted by Crippen LogP contribution is -2.13. The molecule has 2 aromatic heterocycles. The first-order chi connectivity index (χ1) is 28.6. The van der Waals surface area contributed by atoms with Gasteiger partial charge < -0.3 is 18.6 Å². The summed E-state index contributed by atoms with van der Waals surface area (Å²) in [5, 5.41) is 11.7. The van der Waals surface area contributed by atoms with Gasteiger partial charge in [0, 0.05) is 43.7 Å². The molecule has 12 aromatic rings. The van der Waals surface area contributed by atoms with E-state index in [-0.39, 0.29) is 0 Å². The lowest BCUT2D eigenvalue weighted by Gasteiger charge is -2.30. The van der Waals surface area contributed by atoms with Gasteiger partial charge in [-0.3, -0.25) is 0 Å². The van der Waals surface area contributed by atoms with Crippen LogP contribution in [0.1, 0.15) is 11.1 Å². The minimum absolute atomic E-state index is 0.881. The van der Waals surface area contributed by atoms with Gasteiger partial charge in [0.05, 0.1) is 22.7 Å². The normalized spacial score (nSPS) is 12.0. The molecule has 274 valence electrons. The van der Waals surface area contributed by atoms with Gasteiger partial charge in [-0.15, -0.1) is 0 Å². The van der Waals surface area contributed by atoms with Crippen LogP contribution in [0.3, 0.4) is 0 Å². The van der Waals surface area contributed by atoms with Gasteiger partial charge in [0.25, 0.3) is 0 Å². The molecule has 0 saturated carbocycles. The van der Waals surface area contributed by atoms with Gasteiger partial charge in [0.15, 0.2) is 11.2 Å². The van der Waals surface area contributed by atoms with E-state index in [1.54, 1.807) is 0 Å². The molecule has 0 unspecified atom stereocenters. The molecule has 0 bridgehead atoms. The molecule has 0 fully saturated rings. The Labute approximate surface area is 334 Å². The maximum Gasteiger partial charge on any atom is 0.159 e. The second-order valence-electron chi connectivity index (χ2n) is 15.3. The SMILES string of the molecule is Cc1ccc2c(oc3ccccc32)c1N(c1ccccc1)c1ccc2ccc3c(N(c4ccccc4)c4c(C)ccc5c4oc4ccccc45)ccc4ccc1c2c43. The first-order valence-corrected chi connectivity index (χ1v) is 19.8. The van der Waals surface area contributed by atoms with Crippen LogP contribution in [-0.2, 0) is 0 Å². The molecule has 0 atom stereocenters. The van der Waals surface area contributed by atoms with Crippen molar-refractivity contribution >= 4 is 110 Å². The first-order valence-electron chi connectivity index (χ1n) is 19.8. The predicted molar refractivity (Wildman–Crippen MR) is 244 cm³/mol. The third kappa shape index (κ3) is 4.69. The predicted octanol–water partition coefficient (Wildman–Crippen LogP) is 15.9. The molecule has 2 heterocycles. The molecule has 4 heteroatoms. The number of aryl methyl sites for hydroxylation is 2. The summed E-state index contributed by atoms with van der Waals surface area (Å²) >= 11 is 0. The van der Waals surface area contributed by atoms with E-state index in [4.69, 9.17) is 8.83 Å². The molecule has 0 radical (unpaired) electrons. The Kier molecular flexibility index (Phi) is 7.02. The summed E-state index contributed by atoms with van der Waals surface area (Å²) in [7, 11) is 0. The van der Waals surface area contributed by atoms with Crippen molar-refractivity contribution in [3.8, 4) is 0 Å². The van der Waals surface area contributed by atoms with Gasteiger partial charge in [-0.05, 0) is 95.1 Å². The van der Waals surface area contributed by atoms with Crippen molar-refractivity contribution in [3.63, 3.8) is 0 Å². The molecule has 10 aromatic carbocycles. The summed E-state index contributed by atoms with van der Waals surface area (Å²) < 4.78 is 13.5. The molecule has 0 spiro atoms. The molecular formula is C54H36N2O2. The number of rotatable bonds is 6. The second-order valence-corrected chi connectivity index (χ2v) is 15.3. The van der Waals surface area contributed by atoms with Gasteiger partial charge >= 0.3 is 0 Å². The number of para-hydroxylation sites is 4. The topological polar surface area (TPSA) is 32.8 Å². The first kappa shape index (κ1) is 32.7. The van der Waals surface area contributed by atoms with E-state index in [0.717, 1.165) is 89.1 Å². The number of hydrogen-bond acceptors (Lipinski definition) is 4. The van der Waals surface area contributed by atoms with Crippen molar-refractivity contribution in [2.45, 2.75) is 13.8 Å². The Morgan fingerprint density at radius 1 is 0.328 bits per heavy atom. The van der Waals surface area contributed by atoms with Crippen LogP contribution in [0, 0.1) is 13.8 Å². The number of benzene rings is 10. The number of furan rings is 2. The van der Waals surface area contributed by atoms with Crippen molar-refractivity contribution in [3.05, 3.63) is 193 Å². The van der Waals surface area contributed by atoms with E-state index in [1.165, 1.54) is 32.3 Å². The van der Waals surface area contributed by atoms with E-state index < -0.39 is 0 Å². The number of anilines is 6. The highest BCUT2D eigenvalue weighted by Gasteiger charge is 2.27. The highest BCUT2D eigenvalue weighted by molar-refractivity contribution is 6.29. The van der Waals surface area contributed by atoms with Gasteiger partial charge in [-0.25, -0.2) is 0 Å². The fraction of sp³-hybridized carbons (Fsp3) is 0.0370. The minimum atomic E-state index is 0.881. The Balaban J connectivity index is 1.15. The fourth-order valence-electron chi connectivity index (χ4n) is 9.39. The molecular weight excluding hydrogens is 709 g/mol. The van der Waals surface area contributed by atoms with Crippen LogP contribution in [0.4, 0.5) is 34.1 Å². The lowest BCUT2D eigenvalue weighted by atomic mass is 9.91. The van der Waals surface area contributed by atoms with E-state index in [1.807, 2.05) is 12.1 Å². The monoisotopic (exact) mass is 744 g/mol. The number of fused-ring (bicyclic) bond motifs is 6. The number of hydrogen-bond donors (Lipinski definition) is 0. The maximum absolute atomic E-state index is 6.74. The molecule has 0 aliphatic heterocycles. The Morgan fingerprint density at radius 2 is 0.707 bits per heavy atom. The van der Waals surface area contributed by atoms with Crippen LogP contribution in [0.15, 0.2) is 191 Å². The standard InChI is InChI=1S/C54H36N2O2/c1-33-21-27-41-39-17-9-11-19-47(39)57-53(41)51(33)55(37-13-5-3-6-14-37)45-31-25-35-24-30-44-46(32-26-36-23-29-43(45)49(35)50(36)44)56(38-15-7-4-8-16-38)52-34(2)22-28-42-40-18-10-12-20-48(40)58-54(42)52/h3-32H,1-2H3. The molecule has 0 aliphatic carbocycles. The van der Waals surface area contributed by atoms with Gasteiger partial charge in [-0.2, -0.15) is 0 Å². The summed E-state index contributed by atoms with van der Waals surface area (Å²) in [5.74, 6) is 0. The molecule has 12 rings (SSSR count). The molecule has 4 nitrogen and oxygen atoms in total. The average molecular weight is 745 g/mol. The van der Waals surface area contributed by atoms with Crippen LogP contribution in [0.2, 0.25) is 0 Å². The summed E-state index contributed by atoms with van der Waals surface area (Å²) in [6.45, 7) is 4.37. The van der Waals surface area contributed by atoms with Crippen LogP contribution in [0.5, 0.6) is 0 Å². The average Bonchev–Trinajstić information content (AvgIpc) is 3.84. The number of nitrogens with zero attached hydrogens (tertiary/aromatic N) is 2. The Hall–Kier alpha value is -7.56. The fourth-order valence-corrected chi connectivity index (χ4v) is 9.39.